The fourth-order valence-electron chi connectivity index (χ4n) is 4.46. The maximum atomic E-state index is 12.8. The number of carbonyl (C=O) groups excluding carboxylic acids is 2. The van der Waals surface area contributed by atoms with Gasteiger partial charge in [0.05, 0.1) is 22.0 Å². The van der Waals surface area contributed by atoms with Gasteiger partial charge in [-0.1, -0.05) is 84.9 Å². The third-order valence-corrected chi connectivity index (χ3v) is 7.45. The largest absolute Gasteiger partial charge is 0.321 e. The van der Waals surface area contributed by atoms with E-state index < -0.39 is 0 Å². The number of allylic oxidation sites excluding steroid dienone is 1. The van der Waals surface area contributed by atoms with Crippen LogP contribution < -0.4 is 5.32 Å². The monoisotopic (exact) mass is 551 g/mol. The molecule has 6 aromatic rings. The Bertz CT molecular complexity index is 1810. The second-order valence-corrected chi connectivity index (χ2v) is 10.3. The smallest absolute Gasteiger partial charge is 0.265 e. The Morgan fingerprint density at radius 3 is 2.07 bits per heavy atom. The average molecular weight is 552 g/mol. The first-order chi connectivity index (χ1) is 20.1. The molecule has 2 heterocycles. The van der Waals surface area contributed by atoms with Gasteiger partial charge in [-0.15, -0.1) is 11.3 Å². The molecule has 41 heavy (non-hydrogen) atoms. The number of nitrogens with zero attached hydrogens (tertiary/aromatic N) is 2. The van der Waals surface area contributed by atoms with Crippen molar-refractivity contribution < 1.29 is 9.59 Å². The minimum atomic E-state index is -0.162. The molecular formula is C35H25N3O2S. The number of benzene rings is 4. The van der Waals surface area contributed by atoms with Gasteiger partial charge >= 0.3 is 0 Å². The maximum absolute atomic E-state index is 12.8. The molecule has 0 atom stereocenters. The van der Waals surface area contributed by atoms with Crippen molar-refractivity contribution in [3.63, 3.8) is 0 Å². The average Bonchev–Trinajstić information content (AvgIpc) is 3.73. The van der Waals surface area contributed by atoms with Gasteiger partial charge in [-0.2, -0.15) is 5.10 Å². The first kappa shape index (κ1) is 25.9. The van der Waals surface area contributed by atoms with Crippen molar-refractivity contribution in [3.8, 4) is 28.2 Å². The van der Waals surface area contributed by atoms with E-state index in [4.69, 9.17) is 5.10 Å². The van der Waals surface area contributed by atoms with Crippen molar-refractivity contribution in [3.05, 3.63) is 155 Å². The van der Waals surface area contributed by atoms with E-state index in [1.807, 2.05) is 76.8 Å². The number of thiophene rings is 1. The van der Waals surface area contributed by atoms with Crippen LogP contribution in [0.3, 0.4) is 0 Å². The number of ketones is 1. The van der Waals surface area contributed by atoms with E-state index in [0.717, 1.165) is 33.8 Å². The van der Waals surface area contributed by atoms with Gasteiger partial charge in [0, 0.05) is 22.4 Å². The minimum absolute atomic E-state index is 0.115. The van der Waals surface area contributed by atoms with Gasteiger partial charge in [-0.05, 0) is 65.6 Å². The predicted octanol–water partition coefficient (Wildman–Crippen LogP) is 8.42. The minimum Gasteiger partial charge on any atom is -0.321 e. The zero-order valence-corrected chi connectivity index (χ0v) is 22.8. The van der Waals surface area contributed by atoms with Crippen molar-refractivity contribution in [2.24, 2.45) is 0 Å². The molecular weight excluding hydrogens is 526 g/mol. The lowest BCUT2D eigenvalue weighted by atomic mass is 10.1. The Hall–Kier alpha value is -5.33. The quantitative estimate of drug-likeness (QED) is 0.153. The summed E-state index contributed by atoms with van der Waals surface area (Å²) in [5.41, 5.74) is 7.04. The Morgan fingerprint density at radius 2 is 1.41 bits per heavy atom. The fourth-order valence-corrected chi connectivity index (χ4v) is 5.07. The van der Waals surface area contributed by atoms with Crippen LogP contribution in [0, 0.1) is 0 Å². The van der Waals surface area contributed by atoms with Gasteiger partial charge in [0.2, 0.25) is 0 Å². The van der Waals surface area contributed by atoms with Gasteiger partial charge in [-0.3, -0.25) is 9.59 Å². The number of aromatic nitrogens is 2. The van der Waals surface area contributed by atoms with E-state index in [9.17, 15) is 9.59 Å². The van der Waals surface area contributed by atoms with Gasteiger partial charge < -0.3 is 5.32 Å². The Morgan fingerprint density at radius 1 is 0.732 bits per heavy atom. The number of nitrogens with one attached hydrogen (secondary N) is 1. The van der Waals surface area contributed by atoms with Crippen LogP contribution in [0.1, 0.15) is 25.6 Å². The van der Waals surface area contributed by atoms with E-state index >= 15 is 0 Å². The van der Waals surface area contributed by atoms with Crippen molar-refractivity contribution in [2.75, 3.05) is 5.32 Å². The summed E-state index contributed by atoms with van der Waals surface area (Å²) in [5, 5.41) is 9.63. The van der Waals surface area contributed by atoms with Gasteiger partial charge in [0.15, 0.2) is 5.78 Å². The van der Waals surface area contributed by atoms with Crippen molar-refractivity contribution in [1.29, 1.82) is 0 Å². The molecule has 0 radical (unpaired) electrons. The van der Waals surface area contributed by atoms with Gasteiger partial charge in [0.25, 0.3) is 5.91 Å². The fraction of sp³-hybridized carbons (Fsp3) is 0. The number of hydrogen-bond acceptors (Lipinski definition) is 4. The van der Waals surface area contributed by atoms with Crippen LogP contribution in [-0.2, 0) is 0 Å². The van der Waals surface area contributed by atoms with Crippen LogP contribution in [0.2, 0.25) is 0 Å². The van der Waals surface area contributed by atoms with Crippen LogP contribution in [0.15, 0.2) is 139 Å². The van der Waals surface area contributed by atoms with Crippen molar-refractivity contribution >= 4 is 34.8 Å². The van der Waals surface area contributed by atoms with Crippen LogP contribution in [0.25, 0.3) is 34.3 Å². The molecule has 0 bridgehead atoms. The number of rotatable bonds is 8. The molecule has 1 N–H and O–H groups in total. The van der Waals surface area contributed by atoms with Gasteiger partial charge in [-0.25, -0.2) is 4.68 Å². The number of amides is 1. The van der Waals surface area contributed by atoms with E-state index in [2.05, 4.69) is 35.6 Å². The molecule has 0 unspecified atom stereocenters. The SMILES string of the molecule is O=C(/C=C/c1ccc(-n2nc(-c3ccccc3)cc2-c2ccccc2)cc1)c1ccc(NC(=O)c2cccs2)cc1. The zero-order chi connectivity index (χ0) is 28.0. The normalized spacial score (nSPS) is 11.0. The van der Waals surface area contributed by atoms with E-state index in [-0.39, 0.29) is 11.7 Å². The molecule has 0 aliphatic carbocycles. The highest BCUT2D eigenvalue weighted by Gasteiger charge is 2.13. The second kappa shape index (κ2) is 11.8. The third-order valence-electron chi connectivity index (χ3n) is 6.59. The topological polar surface area (TPSA) is 64.0 Å². The molecule has 0 fully saturated rings. The molecule has 5 nitrogen and oxygen atoms in total. The highest BCUT2D eigenvalue weighted by atomic mass is 32.1. The summed E-state index contributed by atoms with van der Waals surface area (Å²) >= 11 is 1.38. The highest BCUT2D eigenvalue weighted by molar-refractivity contribution is 7.12. The van der Waals surface area contributed by atoms with Crippen LogP contribution in [0.5, 0.6) is 0 Å². The summed E-state index contributed by atoms with van der Waals surface area (Å²) in [6, 6.07) is 40.9. The summed E-state index contributed by atoms with van der Waals surface area (Å²) in [5.74, 6) is -0.277. The second-order valence-electron chi connectivity index (χ2n) is 9.36. The molecule has 0 saturated carbocycles. The summed E-state index contributed by atoms with van der Waals surface area (Å²) < 4.78 is 1.95. The van der Waals surface area contributed by atoms with Crippen molar-refractivity contribution in [2.45, 2.75) is 0 Å². The molecule has 2 aromatic heterocycles. The summed E-state index contributed by atoms with van der Waals surface area (Å²) in [7, 11) is 0. The summed E-state index contributed by atoms with van der Waals surface area (Å²) in [4.78, 5) is 25.7. The standard InChI is InChI=1S/C35H25N3O2S/c39-33(28-16-18-29(19-17-28)36-35(40)34-12-7-23-41-34)22-15-25-13-20-30(21-14-25)38-32(27-10-5-2-6-11-27)24-31(37-38)26-8-3-1-4-9-26/h1-24H,(H,36,40)/b22-15+. The van der Waals surface area contributed by atoms with E-state index in [0.29, 0.717) is 16.1 Å². The van der Waals surface area contributed by atoms with Crippen LogP contribution in [0.4, 0.5) is 5.69 Å². The zero-order valence-electron chi connectivity index (χ0n) is 22.0. The lowest BCUT2D eigenvalue weighted by Crippen LogP contribution is -2.10. The molecule has 198 valence electrons. The Kier molecular flexibility index (Phi) is 7.47. The molecule has 0 saturated heterocycles. The molecule has 6 rings (SSSR count). The van der Waals surface area contributed by atoms with Crippen molar-refractivity contribution in [1.82, 2.24) is 9.78 Å². The number of hydrogen-bond donors (Lipinski definition) is 1. The number of carbonyl (C=O) groups is 2. The molecule has 0 aliphatic heterocycles. The van der Waals surface area contributed by atoms with Gasteiger partial charge in [0.1, 0.15) is 0 Å². The lowest BCUT2D eigenvalue weighted by molar-refractivity contribution is 0.102. The summed E-state index contributed by atoms with van der Waals surface area (Å²) in [6.07, 6.45) is 3.36. The molecule has 4 aromatic carbocycles. The maximum Gasteiger partial charge on any atom is 0.265 e. The highest BCUT2D eigenvalue weighted by Crippen LogP contribution is 2.29. The Balaban J connectivity index is 1.18. The first-order valence-corrected chi connectivity index (χ1v) is 14.0. The first-order valence-electron chi connectivity index (χ1n) is 13.1. The number of anilines is 1. The van der Waals surface area contributed by atoms with E-state index in [1.165, 1.54) is 11.3 Å². The van der Waals surface area contributed by atoms with Crippen LogP contribution >= 0.6 is 11.3 Å². The van der Waals surface area contributed by atoms with E-state index in [1.54, 1.807) is 42.5 Å². The predicted molar refractivity (Wildman–Crippen MR) is 167 cm³/mol. The Labute approximate surface area is 242 Å². The molecule has 0 aliphatic rings. The molecule has 6 heteroatoms. The van der Waals surface area contributed by atoms with Crippen LogP contribution in [-0.4, -0.2) is 21.5 Å². The molecule has 1 amide bonds. The summed E-state index contributed by atoms with van der Waals surface area (Å²) in [6.45, 7) is 0. The lowest BCUT2D eigenvalue weighted by Gasteiger charge is -2.08. The third kappa shape index (κ3) is 5.98. The molecule has 0 spiro atoms.